The maximum atomic E-state index is 13.2. The molecule has 5 nitrogen and oxygen atoms in total. The fraction of sp³-hybridized carbons (Fsp3) is 0.269. The molecule has 0 radical (unpaired) electrons. The monoisotopic (exact) mass is 415 g/mol. The van der Waals surface area contributed by atoms with Gasteiger partial charge in [-0.25, -0.2) is 0 Å². The first kappa shape index (κ1) is 20.8. The zero-order chi connectivity index (χ0) is 22.0. The molecule has 0 fully saturated rings. The molecule has 0 spiro atoms. The lowest BCUT2D eigenvalue weighted by atomic mass is 9.87. The zero-order valence-corrected chi connectivity index (χ0v) is 18.2. The Bertz CT molecular complexity index is 1070. The molecule has 0 bridgehead atoms. The quantitative estimate of drug-likeness (QED) is 0.721. The third kappa shape index (κ3) is 3.96. The summed E-state index contributed by atoms with van der Waals surface area (Å²) in [5, 5.41) is 3.27. The third-order valence-electron chi connectivity index (χ3n) is 5.99. The highest BCUT2D eigenvalue weighted by molar-refractivity contribution is 5.95. The van der Waals surface area contributed by atoms with Gasteiger partial charge in [-0.1, -0.05) is 48.6 Å². The van der Waals surface area contributed by atoms with Gasteiger partial charge in [-0.2, -0.15) is 0 Å². The Morgan fingerprint density at radius 2 is 1.90 bits per heavy atom. The number of nitrogens with zero attached hydrogens (tertiary/aromatic N) is 1. The lowest BCUT2D eigenvalue weighted by Crippen LogP contribution is -2.31. The average Bonchev–Trinajstić information content (AvgIpc) is 3.11. The van der Waals surface area contributed by atoms with E-state index in [0.29, 0.717) is 22.9 Å². The molecule has 3 atom stereocenters. The summed E-state index contributed by atoms with van der Waals surface area (Å²) in [6, 6.07) is 13.9. The molecule has 3 N–H and O–H groups in total. The van der Waals surface area contributed by atoms with Crippen molar-refractivity contribution in [3.63, 3.8) is 0 Å². The molecule has 3 unspecified atom stereocenters. The highest BCUT2D eigenvalue weighted by Gasteiger charge is 2.39. The third-order valence-corrected chi connectivity index (χ3v) is 5.99. The fourth-order valence-corrected chi connectivity index (χ4v) is 4.59. The molecule has 0 aliphatic heterocycles. The van der Waals surface area contributed by atoms with Crippen LogP contribution in [0.2, 0.25) is 0 Å². The molecule has 160 valence electrons. The van der Waals surface area contributed by atoms with Gasteiger partial charge in [-0.15, -0.1) is 0 Å². The molecule has 2 aliphatic carbocycles. The molecule has 0 aromatic heterocycles. The molecule has 5 heteroatoms. The molecule has 0 saturated carbocycles. The number of hydrogen-bond donors (Lipinski definition) is 2. The number of fused-ring (bicyclic) bond motifs is 3. The van der Waals surface area contributed by atoms with E-state index in [1.807, 2.05) is 43.1 Å². The minimum Gasteiger partial charge on any atom is -0.495 e. The Kier molecular flexibility index (Phi) is 5.85. The summed E-state index contributed by atoms with van der Waals surface area (Å²) < 4.78 is 5.60. The van der Waals surface area contributed by atoms with Crippen molar-refractivity contribution in [3.8, 4) is 5.75 Å². The fourth-order valence-electron chi connectivity index (χ4n) is 4.59. The van der Waals surface area contributed by atoms with Gasteiger partial charge in [0.05, 0.1) is 18.8 Å². The normalized spacial score (nSPS) is 21.4. The standard InChI is InChI=1S/C26H29N3O2/c1-4-29(16-17(2)27)23-14-13-18(15-24(23)31-3)26(30)28-25-21-11-7-5-9-19(21)20-10-6-8-12-22(20)25/h5-16,19,21,25H,4,27H2,1-3H3,(H,28,30)/b17-16-. The summed E-state index contributed by atoms with van der Waals surface area (Å²) in [7, 11) is 1.62. The SMILES string of the molecule is CCN(/C=C(/C)N)c1ccc(C(=O)NC2c3ccccc3C3C=CC=CC32)cc1OC. The number of ether oxygens (including phenoxy) is 1. The van der Waals surface area contributed by atoms with Crippen LogP contribution in [-0.2, 0) is 0 Å². The lowest BCUT2D eigenvalue weighted by molar-refractivity contribution is 0.0929. The molecule has 0 heterocycles. The van der Waals surface area contributed by atoms with Crippen LogP contribution < -0.4 is 20.7 Å². The number of methoxy groups -OCH3 is 1. The van der Waals surface area contributed by atoms with Crippen molar-refractivity contribution in [1.82, 2.24) is 5.32 Å². The number of benzene rings is 2. The molecular formula is C26H29N3O2. The molecule has 2 aromatic rings. The summed E-state index contributed by atoms with van der Waals surface area (Å²) in [4.78, 5) is 15.2. The second-order valence-corrected chi connectivity index (χ2v) is 8.00. The average molecular weight is 416 g/mol. The van der Waals surface area contributed by atoms with Gasteiger partial charge in [0.2, 0.25) is 0 Å². The van der Waals surface area contributed by atoms with Gasteiger partial charge < -0.3 is 20.7 Å². The van der Waals surface area contributed by atoms with Gasteiger partial charge in [0.15, 0.2) is 0 Å². The zero-order valence-electron chi connectivity index (χ0n) is 18.2. The van der Waals surface area contributed by atoms with E-state index in [2.05, 4.69) is 47.8 Å². The van der Waals surface area contributed by atoms with Crippen molar-refractivity contribution in [2.45, 2.75) is 25.8 Å². The highest BCUT2D eigenvalue weighted by Crippen LogP contribution is 2.48. The Morgan fingerprint density at radius 1 is 1.16 bits per heavy atom. The van der Waals surface area contributed by atoms with Crippen LogP contribution >= 0.6 is 0 Å². The van der Waals surface area contributed by atoms with E-state index < -0.39 is 0 Å². The summed E-state index contributed by atoms with van der Waals surface area (Å²) in [5.74, 6) is 1.05. The smallest absolute Gasteiger partial charge is 0.251 e. The number of amides is 1. The van der Waals surface area contributed by atoms with Crippen LogP contribution in [0.4, 0.5) is 5.69 Å². The van der Waals surface area contributed by atoms with E-state index in [1.165, 1.54) is 11.1 Å². The van der Waals surface area contributed by atoms with Crippen molar-refractivity contribution in [2.75, 3.05) is 18.6 Å². The second kappa shape index (κ2) is 8.72. The van der Waals surface area contributed by atoms with E-state index in [-0.39, 0.29) is 17.9 Å². The molecule has 1 amide bonds. The van der Waals surface area contributed by atoms with Crippen LogP contribution in [-0.4, -0.2) is 19.6 Å². The first-order valence-electron chi connectivity index (χ1n) is 10.7. The molecule has 31 heavy (non-hydrogen) atoms. The minimum atomic E-state index is -0.109. The molecule has 4 rings (SSSR count). The predicted molar refractivity (Wildman–Crippen MR) is 125 cm³/mol. The first-order valence-corrected chi connectivity index (χ1v) is 10.7. The van der Waals surface area contributed by atoms with Gasteiger partial charge >= 0.3 is 0 Å². The van der Waals surface area contributed by atoms with Crippen LogP contribution in [0.15, 0.2) is 78.7 Å². The van der Waals surface area contributed by atoms with Gasteiger partial charge in [0.1, 0.15) is 5.75 Å². The number of anilines is 1. The predicted octanol–water partition coefficient (Wildman–Crippen LogP) is 4.65. The van der Waals surface area contributed by atoms with Crippen molar-refractivity contribution in [3.05, 3.63) is 95.4 Å². The number of carbonyl (C=O) groups is 1. The largest absolute Gasteiger partial charge is 0.495 e. The van der Waals surface area contributed by atoms with E-state index in [1.54, 1.807) is 13.2 Å². The van der Waals surface area contributed by atoms with Crippen molar-refractivity contribution in [1.29, 1.82) is 0 Å². The number of nitrogens with two attached hydrogens (primary N) is 1. The topological polar surface area (TPSA) is 67.6 Å². The Morgan fingerprint density at radius 3 is 2.61 bits per heavy atom. The van der Waals surface area contributed by atoms with Crippen LogP contribution in [0.3, 0.4) is 0 Å². The summed E-state index contributed by atoms with van der Waals surface area (Å²) in [6.45, 7) is 4.62. The molecule has 0 saturated heterocycles. The summed E-state index contributed by atoms with van der Waals surface area (Å²) >= 11 is 0. The molecular weight excluding hydrogens is 386 g/mol. The Labute approximate surface area is 183 Å². The van der Waals surface area contributed by atoms with Gasteiger partial charge in [-0.3, -0.25) is 4.79 Å². The highest BCUT2D eigenvalue weighted by atomic mass is 16.5. The Balaban J connectivity index is 1.61. The van der Waals surface area contributed by atoms with E-state index >= 15 is 0 Å². The first-order chi connectivity index (χ1) is 15.0. The van der Waals surface area contributed by atoms with E-state index in [4.69, 9.17) is 10.5 Å². The van der Waals surface area contributed by atoms with E-state index in [9.17, 15) is 4.79 Å². The number of carbonyl (C=O) groups excluding carboxylic acids is 1. The van der Waals surface area contributed by atoms with E-state index in [0.717, 1.165) is 12.2 Å². The van der Waals surface area contributed by atoms with Crippen LogP contribution in [0.25, 0.3) is 0 Å². The lowest BCUT2D eigenvalue weighted by Gasteiger charge is -2.24. The van der Waals surface area contributed by atoms with Crippen LogP contribution in [0, 0.1) is 5.92 Å². The van der Waals surface area contributed by atoms with Crippen molar-refractivity contribution < 1.29 is 9.53 Å². The minimum absolute atomic E-state index is 0.0597. The van der Waals surface area contributed by atoms with Gasteiger partial charge in [0, 0.05) is 35.8 Å². The molecule has 2 aliphatic rings. The maximum absolute atomic E-state index is 13.2. The number of hydrogen-bond acceptors (Lipinski definition) is 4. The van der Waals surface area contributed by atoms with Crippen molar-refractivity contribution >= 4 is 11.6 Å². The summed E-state index contributed by atoms with van der Waals surface area (Å²) in [5.41, 5.74) is 10.5. The number of allylic oxidation sites excluding steroid dienone is 4. The van der Waals surface area contributed by atoms with Gasteiger partial charge in [-0.05, 0) is 43.2 Å². The van der Waals surface area contributed by atoms with Crippen molar-refractivity contribution in [2.24, 2.45) is 11.7 Å². The number of rotatable bonds is 6. The summed E-state index contributed by atoms with van der Waals surface area (Å²) in [6.07, 6.45) is 10.4. The Hall–Kier alpha value is -3.47. The second-order valence-electron chi connectivity index (χ2n) is 8.00. The van der Waals surface area contributed by atoms with Crippen LogP contribution in [0.5, 0.6) is 5.75 Å². The van der Waals surface area contributed by atoms with Gasteiger partial charge in [0.25, 0.3) is 5.91 Å². The number of nitrogens with one attached hydrogen (secondary N) is 1. The van der Waals surface area contributed by atoms with Crippen LogP contribution in [0.1, 0.15) is 47.3 Å². The molecule has 2 aromatic carbocycles. The maximum Gasteiger partial charge on any atom is 0.251 e.